The molecule has 3 heterocycles. The first-order valence-electron chi connectivity index (χ1n) is 9.46. The van der Waals surface area contributed by atoms with E-state index in [-0.39, 0.29) is 0 Å². The van der Waals surface area contributed by atoms with Gasteiger partial charge in [-0.05, 0) is 24.8 Å². The Morgan fingerprint density at radius 1 is 1.17 bits per heavy atom. The van der Waals surface area contributed by atoms with Crippen molar-refractivity contribution in [3.8, 4) is 0 Å². The van der Waals surface area contributed by atoms with Crippen LogP contribution in [0.3, 0.4) is 0 Å². The van der Waals surface area contributed by atoms with E-state index >= 15 is 0 Å². The van der Waals surface area contributed by atoms with Gasteiger partial charge in [-0.2, -0.15) is 5.10 Å². The minimum atomic E-state index is 0.626. The van der Waals surface area contributed by atoms with Gasteiger partial charge in [-0.1, -0.05) is 49.4 Å². The molecule has 3 rings (SSSR count). The van der Waals surface area contributed by atoms with E-state index in [1.165, 1.54) is 0 Å². The third-order valence-electron chi connectivity index (χ3n) is 4.48. The highest BCUT2D eigenvalue weighted by Gasteiger charge is 2.18. The predicted octanol–water partition coefficient (Wildman–Crippen LogP) is 3.96. The third-order valence-corrected chi connectivity index (χ3v) is 5.37. The Morgan fingerprint density at radius 2 is 1.97 bits per heavy atom. The molecule has 0 aliphatic carbocycles. The van der Waals surface area contributed by atoms with Crippen LogP contribution in [0.2, 0.25) is 0 Å². The Balaban J connectivity index is 1.88. The van der Waals surface area contributed by atoms with Crippen LogP contribution in [0.15, 0.2) is 55.2 Å². The number of aromatic nitrogens is 4. The maximum absolute atomic E-state index is 4.77. The van der Waals surface area contributed by atoms with E-state index in [0.717, 1.165) is 49.1 Å². The van der Waals surface area contributed by atoms with Gasteiger partial charge < -0.3 is 10.2 Å². The Bertz CT molecular complexity index is 908. The minimum Gasteiger partial charge on any atom is -0.354 e. The summed E-state index contributed by atoms with van der Waals surface area (Å²) in [5.41, 5.74) is 1.93. The van der Waals surface area contributed by atoms with Gasteiger partial charge in [0, 0.05) is 44.0 Å². The summed E-state index contributed by atoms with van der Waals surface area (Å²) in [7, 11) is 0. The van der Waals surface area contributed by atoms with Gasteiger partial charge in [0.1, 0.15) is 11.6 Å². The SMILES string of the molecule is C=C/C=C(C=C)/C=C/c1nc(Nc2cc(C)[nH]n2)cc(N2CCN(SC)CC2)n1. The lowest BCUT2D eigenvalue weighted by atomic mass is 10.2. The normalized spacial score (nSPS) is 15.7. The maximum atomic E-state index is 4.77. The van der Waals surface area contributed by atoms with Crippen molar-refractivity contribution < 1.29 is 0 Å². The lowest BCUT2D eigenvalue weighted by molar-refractivity contribution is 0.429. The van der Waals surface area contributed by atoms with Crippen molar-refractivity contribution in [3.05, 3.63) is 66.7 Å². The van der Waals surface area contributed by atoms with Crippen LogP contribution < -0.4 is 10.2 Å². The number of allylic oxidation sites excluding steroid dienone is 5. The van der Waals surface area contributed by atoms with Crippen LogP contribution in [0.25, 0.3) is 6.08 Å². The number of hydrogen-bond donors (Lipinski definition) is 2. The van der Waals surface area contributed by atoms with Crippen LogP contribution in [0, 0.1) is 6.92 Å². The second kappa shape index (κ2) is 10.1. The summed E-state index contributed by atoms with van der Waals surface area (Å²) in [6, 6.07) is 3.92. The summed E-state index contributed by atoms with van der Waals surface area (Å²) < 4.78 is 2.36. The fraction of sp³-hybridized carbons (Fsp3) is 0.286. The van der Waals surface area contributed by atoms with Gasteiger partial charge in [0.15, 0.2) is 11.6 Å². The Labute approximate surface area is 176 Å². The Morgan fingerprint density at radius 3 is 2.59 bits per heavy atom. The highest BCUT2D eigenvalue weighted by molar-refractivity contribution is 7.96. The van der Waals surface area contributed by atoms with Gasteiger partial charge >= 0.3 is 0 Å². The zero-order valence-electron chi connectivity index (χ0n) is 16.9. The van der Waals surface area contributed by atoms with Crippen LogP contribution in [-0.2, 0) is 0 Å². The highest BCUT2D eigenvalue weighted by atomic mass is 32.2. The average Bonchev–Trinajstić information content (AvgIpc) is 3.15. The Hall–Kier alpha value is -2.84. The molecule has 0 spiro atoms. The van der Waals surface area contributed by atoms with Gasteiger partial charge in [-0.25, -0.2) is 14.3 Å². The molecule has 2 aromatic heterocycles. The molecule has 0 saturated carbocycles. The van der Waals surface area contributed by atoms with Crippen molar-refractivity contribution in [2.75, 3.05) is 42.7 Å². The highest BCUT2D eigenvalue weighted by Crippen LogP contribution is 2.22. The molecule has 0 atom stereocenters. The van der Waals surface area contributed by atoms with E-state index in [0.29, 0.717) is 11.6 Å². The van der Waals surface area contributed by atoms with Gasteiger partial charge in [-0.3, -0.25) is 5.10 Å². The van der Waals surface area contributed by atoms with Crippen molar-refractivity contribution in [1.82, 2.24) is 24.5 Å². The van der Waals surface area contributed by atoms with Crippen molar-refractivity contribution in [1.29, 1.82) is 0 Å². The molecule has 2 aromatic rings. The van der Waals surface area contributed by atoms with E-state index in [1.54, 1.807) is 24.1 Å². The van der Waals surface area contributed by atoms with Crippen molar-refractivity contribution >= 4 is 35.5 Å². The average molecular weight is 410 g/mol. The summed E-state index contributed by atoms with van der Waals surface area (Å²) in [6.07, 6.45) is 11.3. The van der Waals surface area contributed by atoms with E-state index in [2.05, 4.69) is 49.1 Å². The molecule has 0 radical (unpaired) electrons. The molecule has 1 fully saturated rings. The van der Waals surface area contributed by atoms with Crippen LogP contribution in [0.4, 0.5) is 17.5 Å². The topological polar surface area (TPSA) is 73.0 Å². The molecule has 1 aliphatic rings. The minimum absolute atomic E-state index is 0.626. The second-order valence-corrected chi connectivity index (χ2v) is 7.45. The van der Waals surface area contributed by atoms with Crippen LogP contribution in [0.5, 0.6) is 0 Å². The number of H-pyrrole nitrogens is 1. The maximum Gasteiger partial charge on any atom is 0.156 e. The number of rotatable bonds is 8. The standard InChI is InChI=1S/C21H27N7S/c1-5-7-17(6-2)8-9-18-22-19(23-20-14-16(3)25-26-20)15-21(24-18)27-10-12-28(29-4)13-11-27/h5-9,14-15H,1-2,10-13H2,3-4H3,(H2,22,23,24,25,26)/b9-8+,17-7+. The first-order valence-corrected chi connectivity index (χ1v) is 10.6. The van der Waals surface area contributed by atoms with E-state index in [1.807, 2.05) is 37.3 Å². The van der Waals surface area contributed by atoms with Crippen molar-refractivity contribution in [3.63, 3.8) is 0 Å². The molecule has 0 aromatic carbocycles. The first-order chi connectivity index (χ1) is 14.1. The predicted molar refractivity (Wildman–Crippen MR) is 123 cm³/mol. The van der Waals surface area contributed by atoms with Gasteiger partial charge in [-0.15, -0.1) is 0 Å². The molecular formula is C21H27N7S. The van der Waals surface area contributed by atoms with Gasteiger partial charge in [0.05, 0.1) is 0 Å². The number of nitrogens with one attached hydrogen (secondary N) is 2. The lowest BCUT2D eigenvalue weighted by Gasteiger charge is -2.34. The molecule has 1 saturated heterocycles. The number of hydrogen-bond acceptors (Lipinski definition) is 7. The summed E-state index contributed by atoms with van der Waals surface area (Å²) in [4.78, 5) is 11.7. The molecule has 152 valence electrons. The summed E-state index contributed by atoms with van der Waals surface area (Å²) in [6.45, 7) is 13.4. The first kappa shape index (κ1) is 20.9. The molecule has 0 unspecified atom stereocenters. The summed E-state index contributed by atoms with van der Waals surface area (Å²) in [5.74, 6) is 2.97. The smallest absolute Gasteiger partial charge is 0.156 e. The zero-order chi connectivity index (χ0) is 20.6. The van der Waals surface area contributed by atoms with Crippen molar-refractivity contribution in [2.45, 2.75) is 6.92 Å². The summed E-state index contributed by atoms with van der Waals surface area (Å²) in [5, 5.41) is 10.5. The van der Waals surface area contributed by atoms with Crippen LogP contribution in [-0.4, -0.2) is 56.9 Å². The third kappa shape index (κ3) is 5.82. The largest absolute Gasteiger partial charge is 0.354 e. The van der Waals surface area contributed by atoms with E-state index in [9.17, 15) is 0 Å². The molecule has 2 N–H and O–H groups in total. The fourth-order valence-electron chi connectivity index (χ4n) is 2.96. The molecule has 8 heteroatoms. The van der Waals surface area contributed by atoms with Gasteiger partial charge in [0.2, 0.25) is 0 Å². The molecule has 29 heavy (non-hydrogen) atoms. The van der Waals surface area contributed by atoms with Crippen LogP contribution >= 0.6 is 11.9 Å². The molecule has 7 nitrogen and oxygen atoms in total. The van der Waals surface area contributed by atoms with E-state index < -0.39 is 0 Å². The second-order valence-electron chi connectivity index (χ2n) is 6.57. The number of aromatic amines is 1. The molecule has 0 bridgehead atoms. The summed E-state index contributed by atoms with van der Waals surface area (Å²) >= 11 is 1.79. The van der Waals surface area contributed by atoms with Crippen LogP contribution in [0.1, 0.15) is 11.5 Å². The molecular weight excluding hydrogens is 382 g/mol. The number of piperazine rings is 1. The quantitative estimate of drug-likeness (QED) is 0.505. The number of nitrogens with zero attached hydrogens (tertiary/aromatic N) is 5. The number of anilines is 3. The monoisotopic (exact) mass is 409 g/mol. The zero-order valence-corrected chi connectivity index (χ0v) is 17.7. The number of aryl methyl sites for hydroxylation is 1. The van der Waals surface area contributed by atoms with Crippen molar-refractivity contribution in [2.24, 2.45) is 0 Å². The molecule has 0 amide bonds. The molecule has 1 aliphatic heterocycles. The lowest BCUT2D eigenvalue weighted by Crippen LogP contribution is -2.43. The Kier molecular flexibility index (Phi) is 7.26. The van der Waals surface area contributed by atoms with E-state index in [4.69, 9.17) is 4.98 Å². The van der Waals surface area contributed by atoms with Gasteiger partial charge in [0.25, 0.3) is 0 Å². The fourth-order valence-corrected chi connectivity index (χ4v) is 3.49.